The van der Waals surface area contributed by atoms with E-state index in [4.69, 9.17) is 20.9 Å². The van der Waals surface area contributed by atoms with Gasteiger partial charge in [0.25, 0.3) is 5.91 Å². The number of imide groups is 1. The Labute approximate surface area is 432 Å². The summed E-state index contributed by atoms with van der Waals surface area (Å²) in [5.41, 5.74) is 1.81. The van der Waals surface area contributed by atoms with Crippen LogP contribution in [0.1, 0.15) is 84.8 Å². The second-order valence-electron chi connectivity index (χ2n) is 21.8. The second kappa shape index (κ2) is 19.8. The number of benzene rings is 3. The van der Waals surface area contributed by atoms with E-state index in [0.29, 0.717) is 71.1 Å². The fourth-order valence-corrected chi connectivity index (χ4v) is 13.1. The molecule has 3 amide bonds. The Hall–Kier alpha value is -6.59. The molecular formula is C56H61F3N10O6. The molecule has 12 rings (SSSR count). The maximum absolute atomic E-state index is 17.1. The number of nitrogens with zero attached hydrogens (tertiary/aromatic N) is 8. The summed E-state index contributed by atoms with van der Waals surface area (Å²) >= 11 is 0. The first-order valence-corrected chi connectivity index (χ1v) is 26.5. The topological polar surface area (TPSA) is 169 Å². The number of aryl methyl sites for hydroxylation is 1. The first-order chi connectivity index (χ1) is 36.3. The smallest absolute Gasteiger partial charge is 0.319 e. The van der Waals surface area contributed by atoms with E-state index in [1.54, 1.807) is 6.07 Å². The molecule has 0 saturated carbocycles. The molecule has 3 aromatic carbocycles. The van der Waals surface area contributed by atoms with Crippen molar-refractivity contribution in [3.8, 4) is 35.4 Å². The van der Waals surface area contributed by atoms with Crippen LogP contribution in [0.3, 0.4) is 0 Å². The van der Waals surface area contributed by atoms with Crippen LogP contribution in [0.15, 0.2) is 36.5 Å². The number of carbonyl (C=O) groups excluding carboxylic acids is 3. The number of piperazine rings is 1. The van der Waals surface area contributed by atoms with E-state index in [0.717, 1.165) is 71.1 Å². The van der Waals surface area contributed by atoms with Crippen LogP contribution in [-0.4, -0.2) is 155 Å². The fraction of sp³-hybridized carbons (Fsp3) is 0.500. The van der Waals surface area contributed by atoms with Crippen LogP contribution in [0.4, 0.5) is 24.7 Å². The molecule has 16 nitrogen and oxygen atoms in total. The number of likely N-dealkylation sites (tertiary alicyclic amines) is 2. The van der Waals surface area contributed by atoms with Gasteiger partial charge in [0.1, 0.15) is 41.2 Å². The molecule has 9 heterocycles. The lowest BCUT2D eigenvalue weighted by molar-refractivity contribution is -0.136. The van der Waals surface area contributed by atoms with Crippen molar-refractivity contribution in [1.29, 1.82) is 0 Å². The van der Waals surface area contributed by atoms with Crippen molar-refractivity contribution in [2.45, 2.75) is 108 Å². The maximum atomic E-state index is 17.1. The first kappa shape index (κ1) is 49.3. The third kappa shape index (κ3) is 9.27. The standard InChI is InChI=1S/C56H61F3N10O6/c1-4-39-43(57)8-5-32-20-36(70)22-40(48(32)39)51-50(59)52-41(23-60-51)53(68-25-33-6-7-34(26-68)61-33)64-56(63-52)74-29-35-21-38(27-65(35)3)75-37-13-15-66(16-14-37)24-31-11-17-67(18-12-31)45-19-30(2)47-42(49(45)58)28-69(55(47)73)44-9-10-46(71)62-54(44)72/h1,5,8,19-20,22-23,31,33-35,37-38,44,61,70H,6-7,9-18,21,24-29H2,2-3H3,(H,62,71,72)/t33?,34?,35-,38+,44?/m0/s1. The number of phenolic OH excluding ortho intramolecular Hbond substituents is 1. The molecule has 19 heteroatoms. The van der Waals surface area contributed by atoms with Crippen LogP contribution in [0.5, 0.6) is 11.8 Å². The number of halogens is 3. The number of hydrogen-bond donors (Lipinski definition) is 3. The Morgan fingerprint density at radius 2 is 1.67 bits per heavy atom. The molecule has 392 valence electrons. The largest absolute Gasteiger partial charge is 0.508 e. The van der Waals surface area contributed by atoms with Crippen molar-refractivity contribution in [2.75, 3.05) is 75.8 Å². The minimum atomic E-state index is -0.792. The molecule has 6 fully saturated rings. The van der Waals surface area contributed by atoms with Crippen LogP contribution in [0.2, 0.25) is 0 Å². The van der Waals surface area contributed by atoms with Crippen LogP contribution in [0, 0.1) is 42.6 Å². The number of ether oxygens (including phenoxy) is 2. The van der Waals surface area contributed by atoms with Crippen LogP contribution < -0.4 is 25.2 Å². The number of phenols is 1. The molecule has 0 spiro atoms. The van der Waals surface area contributed by atoms with Crippen molar-refractivity contribution in [3.63, 3.8) is 0 Å². The number of likely N-dealkylation sites (N-methyl/N-ethyl adjacent to an activating group) is 1. The van der Waals surface area contributed by atoms with E-state index in [9.17, 15) is 19.5 Å². The van der Waals surface area contributed by atoms with E-state index in [1.807, 2.05) is 6.92 Å². The Balaban J connectivity index is 0.663. The number of amides is 3. The van der Waals surface area contributed by atoms with Gasteiger partial charge < -0.3 is 39.5 Å². The molecule has 0 aliphatic carbocycles. The predicted molar refractivity (Wildman–Crippen MR) is 275 cm³/mol. The molecule has 75 heavy (non-hydrogen) atoms. The molecule has 2 aromatic heterocycles. The fourth-order valence-electron chi connectivity index (χ4n) is 13.1. The molecule has 7 aliphatic rings. The Bertz CT molecular complexity index is 3160. The second-order valence-corrected chi connectivity index (χ2v) is 21.8. The summed E-state index contributed by atoms with van der Waals surface area (Å²) in [6.07, 6.45) is 14.3. The van der Waals surface area contributed by atoms with Gasteiger partial charge in [-0.2, -0.15) is 9.97 Å². The number of aromatic hydroxyl groups is 1. The molecule has 3 unspecified atom stereocenters. The van der Waals surface area contributed by atoms with Gasteiger partial charge in [-0.15, -0.1) is 6.42 Å². The number of rotatable bonds is 11. The summed E-state index contributed by atoms with van der Waals surface area (Å²) in [6, 6.07) is 7.07. The average molecular weight is 1030 g/mol. The highest BCUT2D eigenvalue weighted by molar-refractivity contribution is 6.06. The summed E-state index contributed by atoms with van der Waals surface area (Å²) in [5, 5.41) is 17.8. The third-order valence-electron chi connectivity index (χ3n) is 17.0. The zero-order valence-corrected chi connectivity index (χ0v) is 42.2. The number of nitrogens with one attached hydrogen (secondary N) is 2. The minimum absolute atomic E-state index is 0.00157. The van der Waals surface area contributed by atoms with Crippen LogP contribution >= 0.6 is 0 Å². The summed E-state index contributed by atoms with van der Waals surface area (Å²) < 4.78 is 61.6. The van der Waals surface area contributed by atoms with Crippen molar-refractivity contribution in [3.05, 3.63) is 76.2 Å². The molecule has 6 saturated heterocycles. The molecule has 0 radical (unpaired) electrons. The SMILES string of the molecule is C#Cc1c(F)ccc2cc(O)cc(-c3ncc4c(N5CC6CCC(C5)N6)nc(OC[C@@H]5C[C@@H](OC6CCN(CC7CCN(c8cc(C)c9c(c8F)CN(C8CCC(=O)NC8=O)C9=O)CC7)CC6)CN5C)nc4c3F)c12. The van der Waals surface area contributed by atoms with E-state index in [1.165, 1.54) is 35.4 Å². The highest BCUT2D eigenvalue weighted by Crippen LogP contribution is 2.41. The molecule has 5 atom stereocenters. The van der Waals surface area contributed by atoms with Gasteiger partial charge in [-0.25, -0.2) is 13.2 Å². The molecule has 2 bridgehead atoms. The van der Waals surface area contributed by atoms with Crippen molar-refractivity contribution < 1.29 is 42.1 Å². The quantitative estimate of drug-likeness (QED) is 0.107. The van der Waals surface area contributed by atoms with E-state index in [2.05, 4.69) is 53.2 Å². The molecule has 7 aliphatic heterocycles. The van der Waals surface area contributed by atoms with Gasteiger partial charge in [-0.05, 0) is 106 Å². The van der Waals surface area contributed by atoms with Gasteiger partial charge in [0.2, 0.25) is 11.8 Å². The van der Waals surface area contributed by atoms with E-state index in [-0.39, 0.29) is 108 Å². The minimum Gasteiger partial charge on any atom is -0.508 e. The Morgan fingerprint density at radius 3 is 2.41 bits per heavy atom. The maximum Gasteiger partial charge on any atom is 0.319 e. The normalized spacial score (nSPS) is 24.9. The van der Waals surface area contributed by atoms with E-state index < -0.39 is 29.4 Å². The molecule has 5 aromatic rings. The number of carbonyl (C=O) groups is 3. The first-order valence-electron chi connectivity index (χ1n) is 26.5. The van der Waals surface area contributed by atoms with Crippen LogP contribution in [0.25, 0.3) is 32.9 Å². The Morgan fingerprint density at radius 1 is 0.893 bits per heavy atom. The predicted octanol–water partition coefficient (Wildman–Crippen LogP) is 5.81. The van der Waals surface area contributed by atoms with Crippen molar-refractivity contribution in [2.24, 2.45) is 5.92 Å². The monoisotopic (exact) mass is 1030 g/mol. The van der Waals surface area contributed by atoms with Gasteiger partial charge in [-0.3, -0.25) is 29.6 Å². The van der Waals surface area contributed by atoms with Gasteiger partial charge >= 0.3 is 6.01 Å². The van der Waals surface area contributed by atoms with Gasteiger partial charge in [0.15, 0.2) is 11.6 Å². The number of terminal acetylenes is 1. The summed E-state index contributed by atoms with van der Waals surface area (Å²) in [4.78, 5) is 62.3. The number of anilines is 2. The number of pyridine rings is 1. The van der Waals surface area contributed by atoms with E-state index >= 15 is 13.2 Å². The zero-order valence-electron chi connectivity index (χ0n) is 42.2. The zero-order chi connectivity index (χ0) is 51.8. The highest BCUT2D eigenvalue weighted by Gasteiger charge is 2.43. The number of fused-ring (bicyclic) bond motifs is 5. The molecular weight excluding hydrogens is 966 g/mol. The highest BCUT2D eigenvalue weighted by atomic mass is 19.1. The van der Waals surface area contributed by atoms with Crippen molar-refractivity contribution >= 4 is 50.9 Å². The van der Waals surface area contributed by atoms with Gasteiger partial charge in [0.05, 0.1) is 41.0 Å². The Kier molecular flexibility index (Phi) is 13.0. The van der Waals surface area contributed by atoms with Crippen LogP contribution in [-0.2, 0) is 20.9 Å². The lowest BCUT2D eigenvalue weighted by atomic mass is 9.93. The lowest BCUT2D eigenvalue weighted by Crippen LogP contribution is -2.52. The molecule has 3 N–H and O–H groups in total. The van der Waals surface area contributed by atoms with Gasteiger partial charge in [-0.1, -0.05) is 12.0 Å². The third-order valence-corrected chi connectivity index (χ3v) is 17.0. The summed E-state index contributed by atoms with van der Waals surface area (Å²) in [6.45, 7) is 8.45. The number of piperidine rings is 3. The number of hydrogen-bond acceptors (Lipinski definition) is 14. The lowest BCUT2D eigenvalue weighted by Gasteiger charge is -2.39. The average Bonchev–Trinajstić information content (AvgIpc) is 4.06. The van der Waals surface area contributed by atoms with Gasteiger partial charge in [0, 0.05) is 99.6 Å². The summed E-state index contributed by atoms with van der Waals surface area (Å²) in [7, 11) is 2.05. The van der Waals surface area contributed by atoms with Crippen molar-refractivity contribution in [1.82, 2.24) is 40.3 Å². The summed E-state index contributed by atoms with van der Waals surface area (Å²) in [5.74, 6) is 0.227. The number of aromatic nitrogens is 3.